The van der Waals surface area contributed by atoms with Crippen LogP contribution in [0.4, 0.5) is 0 Å². The molecule has 0 radical (unpaired) electrons. The summed E-state index contributed by atoms with van der Waals surface area (Å²) in [4.78, 5) is 12.1. The average molecular weight is 281 g/mol. The summed E-state index contributed by atoms with van der Waals surface area (Å²) >= 11 is 0. The summed E-state index contributed by atoms with van der Waals surface area (Å²) < 4.78 is 0. The number of hydrogen-bond donors (Lipinski definition) is 3. The van der Waals surface area contributed by atoms with Crippen LogP contribution in [0, 0.1) is 11.8 Å². The minimum Gasteiger partial charge on any atom is -0.394 e. The molecule has 5 nitrogen and oxygen atoms in total. The van der Waals surface area contributed by atoms with E-state index in [-0.39, 0.29) is 24.5 Å². The van der Waals surface area contributed by atoms with E-state index in [0.717, 1.165) is 25.0 Å². The van der Waals surface area contributed by atoms with Gasteiger partial charge in [0.2, 0.25) is 0 Å². The first-order chi connectivity index (χ1) is 9.47. The average Bonchev–Trinajstić information content (AvgIpc) is 2.90. The van der Waals surface area contributed by atoms with E-state index in [1.54, 1.807) is 6.07 Å². The number of aryl methyl sites for hydroxylation is 1. The molecule has 1 amide bonds. The number of aromatic nitrogens is 2. The van der Waals surface area contributed by atoms with E-state index in [9.17, 15) is 9.90 Å². The predicted octanol–water partition coefficient (Wildman–Crippen LogP) is 2.14. The van der Waals surface area contributed by atoms with Gasteiger partial charge in [0, 0.05) is 5.69 Å². The first kappa shape index (κ1) is 16.7. The Morgan fingerprint density at radius 2 is 2.15 bits per heavy atom. The molecular weight excluding hydrogens is 254 g/mol. The highest BCUT2D eigenvalue weighted by molar-refractivity contribution is 5.92. The number of rotatable bonds is 8. The van der Waals surface area contributed by atoms with Gasteiger partial charge in [0.05, 0.1) is 12.6 Å². The standard InChI is InChI=1S/C15H27N3O2/c1-5-11(4)14(9-19)16-15(20)13-8-12(17-18-13)7-6-10(2)3/h8,10-11,14,19H,5-7,9H2,1-4H3,(H,16,20)(H,17,18)/t11-,14+/m0/s1. The molecule has 1 rings (SSSR count). The third-order valence-corrected chi connectivity index (χ3v) is 3.70. The van der Waals surface area contributed by atoms with Gasteiger partial charge in [0.15, 0.2) is 0 Å². The Hall–Kier alpha value is -1.36. The van der Waals surface area contributed by atoms with Gasteiger partial charge >= 0.3 is 0 Å². The van der Waals surface area contributed by atoms with Crippen LogP contribution in [0.2, 0.25) is 0 Å². The number of aliphatic hydroxyl groups is 1. The van der Waals surface area contributed by atoms with Crippen LogP contribution in [0.15, 0.2) is 6.07 Å². The van der Waals surface area contributed by atoms with Gasteiger partial charge in [-0.2, -0.15) is 5.10 Å². The highest BCUT2D eigenvalue weighted by Crippen LogP contribution is 2.10. The second-order valence-electron chi connectivity index (χ2n) is 5.86. The molecule has 0 aliphatic heterocycles. The molecule has 1 aromatic rings. The second-order valence-corrected chi connectivity index (χ2v) is 5.86. The van der Waals surface area contributed by atoms with Crippen LogP contribution < -0.4 is 5.32 Å². The fourth-order valence-corrected chi connectivity index (χ4v) is 1.94. The quantitative estimate of drug-likeness (QED) is 0.683. The minimum absolute atomic E-state index is 0.0502. The van der Waals surface area contributed by atoms with Crippen molar-refractivity contribution in [3.05, 3.63) is 17.5 Å². The maximum atomic E-state index is 12.1. The van der Waals surface area contributed by atoms with Gasteiger partial charge in [-0.3, -0.25) is 9.89 Å². The van der Waals surface area contributed by atoms with Crippen molar-refractivity contribution in [2.45, 2.75) is 53.0 Å². The molecule has 0 aliphatic carbocycles. The lowest BCUT2D eigenvalue weighted by Crippen LogP contribution is -2.42. The Balaban J connectivity index is 2.59. The fraction of sp³-hybridized carbons (Fsp3) is 0.733. The van der Waals surface area contributed by atoms with Crippen molar-refractivity contribution in [3.63, 3.8) is 0 Å². The molecule has 5 heteroatoms. The number of H-pyrrole nitrogens is 1. The van der Waals surface area contributed by atoms with Crippen LogP contribution in [0.5, 0.6) is 0 Å². The van der Waals surface area contributed by atoms with Gasteiger partial charge in [-0.15, -0.1) is 0 Å². The molecule has 0 fully saturated rings. The lowest BCUT2D eigenvalue weighted by Gasteiger charge is -2.21. The van der Waals surface area contributed by atoms with Crippen LogP contribution in [-0.2, 0) is 6.42 Å². The van der Waals surface area contributed by atoms with E-state index in [1.807, 2.05) is 13.8 Å². The third kappa shape index (κ3) is 4.96. The van der Waals surface area contributed by atoms with Gasteiger partial charge in [-0.05, 0) is 30.7 Å². The number of amides is 1. The predicted molar refractivity (Wildman–Crippen MR) is 79.5 cm³/mol. The molecule has 0 aliphatic rings. The molecule has 114 valence electrons. The Bertz CT molecular complexity index is 415. The van der Waals surface area contributed by atoms with E-state index >= 15 is 0 Å². The van der Waals surface area contributed by atoms with E-state index in [0.29, 0.717) is 11.6 Å². The summed E-state index contributed by atoms with van der Waals surface area (Å²) in [7, 11) is 0. The Morgan fingerprint density at radius 3 is 2.70 bits per heavy atom. The van der Waals surface area contributed by atoms with E-state index in [2.05, 4.69) is 29.4 Å². The van der Waals surface area contributed by atoms with E-state index < -0.39 is 0 Å². The molecule has 0 saturated heterocycles. The topological polar surface area (TPSA) is 78.0 Å². The highest BCUT2D eigenvalue weighted by Gasteiger charge is 2.19. The summed E-state index contributed by atoms with van der Waals surface area (Å²) in [5, 5.41) is 19.1. The smallest absolute Gasteiger partial charge is 0.272 e. The van der Waals surface area contributed by atoms with Crippen LogP contribution >= 0.6 is 0 Å². The van der Waals surface area contributed by atoms with Crippen LogP contribution in [0.3, 0.4) is 0 Å². The van der Waals surface area contributed by atoms with Gasteiger partial charge < -0.3 is 10.4 Å². The van der Waals surface area contributed by atoms with Crippen molar-refractivity contribution in [2.24, 2.45) is 11.8 Å². The van der Waals surface area contributed by atoms with Crippen molar-refractivity contribution in [1.82, 2.24) is 15.5 Å². The number of carbonyl (C=O) groups excluding carboxylic acids is 1. The van der Waals surface area contributed by atoms with Gasteiger partial charge in [-0.25, -0.2) is 0 Å². The Labute approximate surface area is 121 Å². The summed E-state index contributed by atoms with van der Waals surface area (Å²) in [6.07, 6.45) is 2.87. The van der Waals surface area contributed by atoms with Gasteiger partial charge in [0.25, 0.3) is 5.91 Å². The van der Waals surface area contributed by atoms with Gasteiger partial charge in [0.1, 0.15) is 5.69 Å². The number of nitrogens with one attached hydrogen (secondary N) is 2. The molecule has 0 spiro atoms. The summed E-state index contributed by atoms with van der Waals surface area (Å²) in [5.41, 5.74) is 1.37. The number of aromatic amines is 1. The zero-order valence-corrected chi connectivity index (χ0v) is 12.9. The van der Waals surface area contributed by atoms with Crippen molar-refractivity contribution < 1.29 is 9.90 Å². The Morgan fingerprint density at radius 1 is 1.45 bits per heavy atom. The maximum absolute atomic E-state index is 12.1. The zero-order chi connectivity index (χ0) is 15.1. The summed E-state index contributed by atoms with van der Waals surface area (Å²) in [5.74, 6) is 0.638. The van der Waals surface area contributed by atoms with E-state index in [1.165, 1.54) is 0 Å². The third-order valence-electron chi connectivity index (χ3n) is 3.70. The number of carbonyl (C=O) groups is 1. The first-order valence-corrected chi connectivity index (χ1v) is 7.43. The maximum Gasteiger partial charge on any atom is 0.272 e. The summed E-state index contributed by atoms with van der Waals surface area (Å²) in [6, 6.07) is 1.58. The van der Waals surface area contributed by atoms with Crippen molar-refractivity contribution in [1.29, 1.82) is 0 Å². The molecule has 0 unspecified atom stereocenters. The molecule has 1 aromatic heterocycles. The van der Waals surface area contributed by atoms with Gasteiger partial charge in [-0.1, -0.05) is 34.1 Å². The molecular formula is C15H27N3O2. The number of aliphatic hydroxyl groups excluding tert-OH is 1. The summed E-state index contributed by atoms with van der Waals surface area (Å²) in [6.45, 7) is 8.34. The van der Waals surface area contributed by atoms with Crippen LogP contribution in [0.25, 0.3) is 0 Å². The normalized spacial score (nSPS) is 14.3. The SMILES string of the molecule is CC[C@H](C)[C@@H](CO)NC(=O)c1cc(CCC(C)C)[nH]n1. The monoisotopic (exact) mass is 281 g/mol. The second kappa shape index (κ2) is 8.04. The van der Waals surface area contributed by atoms with Crippen LogP contribution in [-0.4, -0.2) is 33.9 Å². The van der Waals surface area contributed by atoms with Crippen molar-refractivity contribution >= 4 is 5.91 Å². The molecule has 2 atom stereocenters. The lowest BCUT2D eigenvalue weighted by atomic mass is 10.00. The number of hydrogen-bond acceptors (Lipinski definition) is 3. The molecule has 3 N–H and O–H groups in total. The molecule has 0 aromatic carbocycles. The lowest BCUT2D eigenvalue weighted by molar-refractivity contribution is 0.0886. The van der Waals surface area contributed by atoms with Crippen molar-refractivity contribution in [2.75, 3.05) is 6.61 Å². The molecule has 20 heavy (non-hydrogen) atoms. The molecule has 1 heterocycles. The van der Waals surface area contributed by atoms with Crippen LogP contribution in [0.1, 0.15) is 56.7 Å². The fourth-order valence-electron chi connectivity index (χ4n) is 1.94. The first-order valence-electron chi connectivity index (χ1n) is 7.43. The largest absolute Gasteiger partial charge is 0.394 e. The molecule has 0 bridgehead atoms. The molecule has 0 saturated carbocycles. The number of nitrogens with zero attached hydrogens (tertiary/aromatic N) is 1. The minimum atomic E-state index is -0.226. The Kier molecular flexibility index (Phi) is 6.71. The zero-order valence-electron chi connectivity index (χ0n) is 12.9. The highest BCUT2D eigenvalue weighted by atomic mass is 16.3. The van der Waals surface area contributed by atoms with Crippen molar-refractivity contribution in [3.8, 4) is 0 Å². The van der Waals surface area contributed by atoms with E-state index in [4.69, 9.17) is 0 Å².